The summed E-state index contributed by atoms with van der Waals surface area (Å²) in [5.74, 6) is 0. The van der Waals surface area contributed by atoms with Crippen LogP contribution in [0.3, 0.4) is 0 Å². The van der Waals surface area contributed by atoms with Gasteiger partial charge >= 0.3 is 0 Å². The maximum absolute atomic E-state index is 6.21. The number of nitrogens with zero attached hydrogens (tertiary/aromatic N) is 2. The van der Waals surface area contributed by atoms with Crippen LogP contribution in [0.4, 0.5) is 0 Å². The van der Waals surface area contributed by atoms with Crippen LogP contribution in [-0.2, 0) is 4.74 Å². The van der Waals surface area contributed by atoms with Gasteiger partial charge in [-0.15, -0.1) is 0 Å². The molecule has 19 heavy (non-hydrogen) atoms. The van der Waals surface area contributed by atoms with E-state index in [1.165, 1.54) is 51.9 Å². The number of likely N-dealkylation sites (tertiary alicyclic amines) is 2. The zero-order valence-electron chi connectivity index (χ0n) is 12.5. The Morgan fingerprint density at radius 3 is 2.74 bits per heavy atom. The third-order valence-electron chi connectivity index (χ3n) is 4.57. The van der Waals surface area contributed by atoms with E-state index < -0.39 is 0 Å². The molecule has 4 heteroatoms. The lowest BCUT2D eigenvalue weighted by molar-refractivity contribution is 0.159. The zero-order valence-corrected chi connectivity index (χ0v) is 12.5. The molecule has 4 nitrogen and oxygen atoms in total. The number of nitrogens with two attached hydrogens (primary N) is 1. The van der Waals surface area contributed by atoms with Crippen LogP contribution in [-0.4, -0.2) is 68.3 Å². The Labute approximate surface area is 118 Å². The molecule has 0 spiro atoms. The topological polar surface area (TPSA) is 41.7 Å². The largest absolute Gasteiger partial charge is 0.385 e. The molecule has 2 aliphatic rings. The Hall–Kier alpha value is -0.160. The van der Waals surface area contributed by atoms with Crippen molar-refractivity contribution in [2.45, 2.75) is 50.6 Å². The van der Waals surface area contributed by atoms with Crippen LogP contribution < -0.4 is 5.73 Å². The minimum Gasteiger partial charge on any atom is -0.385 e. The van der Waals surface area contributed by atoms with Gasteiger partial charge in [-0.25, -0.2) is 0 Å². The van der Waals surface area contributed by atoms with Crippen LogP contribution in [0.5, 0.6) is 0 Å². The summed E-state index contributed by atoms with van der Waals surface area (Å²) < 4.78 is 5.08. The highest BCUT2D eigenvalue weighted by Gasteiger charge is 2.28. The molecule has 2 aliphatic heterocycles. The first-order valence-electron chi connectivity index (χ1n) is 8.00. The molecular formula is C15H31N3O. The number of hydrogen-bond acceptors (Lipinski definition) is 4. The molecule has 112 valence electrons. The quantitative estimate of drug-likeness (QED) is 0.707. The van der Waals surface area contributed by atoms with Crippen LogP contribution in [0.15, 0.2) is 0 Å². The summed E-state index contributed by atoms with van der Waals surface area (Å²) in [4.78, 5) is 5.27. The van der Waals surface area contributed by atoms with Crippen LogP contribution in [0.25, 0.3) is 0 Å². The minimum absolute atomic E-state index is 0.315. The molecule has 0 aromatic heterocycles. The van der Waals surface area contributed by atoms with Crippen molar-refractivity contribution in [2.24, 2.45) is 5.73 Å². The zero-order chi connectivity index (χ0) is 13.5. The molecule has 0 saturated carbocycles. The molecule has 2 saturated heterocycles. The summed E-state index contributed by atoms with van der Waals surface area (Å²) >= 11 is 0. The van der Waals surface area contributed by atoms with E-state index in [0.29, 0.717) is 6.04 Å². The van der Waals surface area contributed by atoms with E-state index in [1.807, 2.05) is 0 Å². The molecule has 0 amide bonds. The number of piperidine rings is 1. The Morgan fingerprint density at radius 2 is 2.00 bits per heavy atom. The highest BCUT2D eigenvalue weighted by atomic mass is 16.5. The van der Waals surface area contributed by atoms with E-state index in [4.69, 9.17) is 10.5 Å². The molecule has 0 aromatic carbocycles. The van der Waals surface area contributed by atoms with E-state index in [0.717, 1.165) is 32.0 Å². The molecule has 0 radical (unpaired) electrons. The molecule has 2 unspecified atom stereocenters. The van der Waals surface area contributed by atoms with E-state index in [1.54, 1.807) is 7.11 Å². The maximum atomic E-state index is 6.21. The predicted octanol–water partition coefficient (Wildman–Crippen LogP) is 1.30. The van der Waals surface area contributed by atoms with Crippen molar-refractivity contribution in [3.05, 3.63) is 0 Å². The van der Waals surface area contributed by atoms with Gasteiger partial charge in [-0.1, -0.05) is 6.42 Å². The van der Waals surface area contributed by atoms with Crippen molar-refractivity contribution in [3.63, 3.8) is 0 Å². The van der Waals surface area contributed by atoms with E-state index >= 15 is 0 Å². The van der Waals surface area contributed by atoms with Gasteiger partial charge in [0.15, 0.2) is 0 Å². The lowest BCUT2D eigenvalue weighted by atomic mass is 10.1. The van der Waals surface area contributed by atoms with Gasteiger partial charge < -0.3 is 15.4 Å². The van der Waals surface area contributed by atoms with Crippen molar-refractivity contribution in [1.29, 1.82) is 0 Å². The van der Waals surface area contributed by atoms with Gasteiger partial charge in [0.2, 0.25) is 0 Å². The maximum Gasteiger partial charge on any atom is 0.0462 e. The fraction of sp³-hybridized carbons (Fsp3) is 1.00. The van der Waals surface area contributed by atoms with Gasteiger partial charge in [0.1, 0.15) is 0 Å². The van der Waals surface area contributed by atoms with Crippen LogP contribution in [0.1, 0.15) is 38.5 Å². The lowest BCUT2D eigenvalue weighted by Crippen LogP contribution is -2.42. The molecular weight excluding hydrogens is 238 g/mol. The van der Waals surface area contributed by atoms with Crippen molar-refractivity contribution >= 4 is 0 Å². The summed E-state index contributed by atoms with van der Waals surface area (Å²) in [5, 5.41) is 0. The van der Waals surface area contributed by atoms with E-state index in [-0.39, 0.29) is 0 Å². The van der Waals surface area contributed by atoms with Gasteiger partial charge in [-0.2, -0.15) is 0 Å². The Bertz CT molecular complexity index is 244. The Balaban J connectivity index is 1.63. The van der Waals surface area contributed by atoms with E-state index in [9.17, 15) is 0 Å². The fourth-order valence-corrected chi connectivity index (χ4v) is 3.47. The summed E-state index contributed by atoms with van der Waals surface area (Å²) in [5.41, 5.74) is 6.21. The number of hydrogen-bond donors (Lipinski definition) is 1. The number of ether oxygens (including phenoxy) is 1. The van der Waals surface area contributed by atoms with Crippen molar-refractivity contribution < 1.29 is 4.74 Å². The second kappa shape index (κ2) is 8.20. The molecule has 2 heterocycles. The van der Waals surface area contributed by atoms with E-state index in [2.05, 4.69) is 9.80 Å². The summed E-state index contributed by atoms with van der Waals surface area (Å²) in [6.45, 7) is 7.01. The average molecular weight is 269 g/mol. The SMILES string of the molecule is COCCCC(N)CN1CCC(N2CCCCC2)C1. The smallest absolute Gasteiger partial charge is 0.0462 e. The first-order chi connectivity index (χ1) is 9.29. The summed E-state index contributed by atoms with van der Waals surface area (Å²) in [6.07, 6.45) is 7.72. The van der Waals surface area contributed by atoms with Crippen molar-refractivity contribution in [1.82, 2.24) is 9.80 Å². The fourth-order valence-electron chi connectivity index (χ4n) is 3.47. The van der Waals surface area contributed by atoms with Gasteiger partial charge in [0, 0.05) is 38.9 Å². The highest BCUT2D eigenvalue weighted by Crippen LogP contribution is 2.20. The normalized spacial score (nSPS) is 27.8. The van der Waals surface area contributed by atoms with Crippen molar-refractivity contribution in [3.8, 4) is 0 Å². The third kappa shape index (κ3) is 5.03. The first-order valence-corrected chi connectivity index (χ1v) is 8.00. The van der Waals surface area contributed by atoms with Crippen LogP contribution in [0, 0.1) is 0 Å². The molecule has 2 rings (SSSR count). The van der Waals surface area contributed by atoms with Gasteiger partial charge in [-0.3, -0.25) is 4.90 Å². The Morgan fingerprint density at radius 1 is 1.21 bits per heavy atom. The first kappa shape index (κ1) is 15.2. The van der Waals surface area contributed by atoms with Gasteiger partial charge in [-0.05, 0) is 51.7 Å². The van der Waals surface area contributed by atoms with Crippen LogP contribution in [0.2, 0.25) is 0 Å². The number of methoxy groups -OCH3 is 1. The molecule has 2 atom stereocenters. The number of rotatable bonds is 7. The standard InChI is InChI=1S/C15H31N3O/c1-19-11-5-6-14(16)12-17-10-7-15(13-17)18-8-3-2-4-9-18/h14-15H,2-13,16H2,1H3. The summed E-state index contributed by atoms with van der Waals surface area (Å²) in [7, 11) is 1.76. The summed E-state index contributed by atoms with van der Waals surface area (Å²) in [6, 6.07) is 1.11. The van der Waals surface area contributed by atoms with Gasteiger partial charge in [0.05, 0.1) is 0 Å². The lowest BCUT2D eigenvalue weighted by Gasteiger charge is -2.32. The van der Waals surface area contributed by atoms with Crippen molar-refractivity contribution in [2.75, 3.05) is 46.4 Å². The predicted molar refractivity (Wildman–Crippen MR) is 79.4 cm³/mol. The third-order valence-corrected chi connectivity index (χ3v) is 4.57. The van der Waals surface area contributed by atoms with Crippen LogP contribution >= 0.6 is 0 Å². The second-order valence-corrected chi connectivity index (χ2v) is 6.19. The van der Waals surface area contributed by atoms with Gasteiger partial charge in [0.25, 0.3) is 0 Å². The molecule has 0 bridgehead atoms. The molecule has 0 aliphatic carbocycles. The molecule has 2 N–H and O–H groups in total. The minimum atomic E-state index is 0.315. The second-order valence-electron chi connectivity index (χ2n) is 6.19. The monoisotopic (exact) mass is 269 g/mol. The highest BCUT2D eigenvalue weighted by molar-refractivity contribution is 4.86. The molecule has 2 fully saturated rings. The average Bonchev–Trinajstić information content (AvgIpc) is 2.88. The Kier molecular flexibility index (Phi) is 6.57. The molecule has 0 aromatic rings.